The number of hydrogen-bond acceptors (Lipinski definition) is 5. The summed E-state index contributed by atoms with van der Waals surface area (Å²) in [6.45, 7) is 5.49. The number of nitrogens with one attached hydrogen (secondary N) is 1. The van der Waals surface area contributed by atoms with Gasteiger partial charge in [-0.3, -0.25) is 13.9 Å². The number of carbonyl (C=O) groups excluding carboxylic acids is 2. The minimum atomic E-state index is -3.88. The zero-order valence-electron chi connectivity index (χ0n) is 23.8. The van der Waals surface area contributed by atoms with Crippen molar-refractivity contribution >= 4 is 27.5 Å². The smallest absolute Gasteiger partial charge is 0.244 e. The third kappa shape index (κ3) is 8.32. The van der Waals surface area contributed by atoms with Gasteiger partial charge in [0.25, 0.3) is 0 Å². The predicted octanol–water partition coefficient (Wildman–Crippen LogP) is 4.32. The molecule has 0 unspecified atom stereocenters. The van der Waals surface area contributed by atoms with Crippen molar-refractivity contribution in [2.75, 3.05) is 24.2 Å². The van der Waals surface area contributed by atoms with Gasteiger partial charge in [-0.15, -0.1) is 0 Å². The quantitative estimate of drug-likeness (QED) is 0.333. The molecule has 0 saturated carbocycles. The monoisotopic (exact) mass is 565 g/mol. The zero-order chi connectivity index (χ0) is 29.3. The van der Waals surface area contributed by atoms with Crippen LogP contribution in [0.1, 0.15) is 37.0 Å². The van der Waals surface area contributed by atoms with Crippen LogP contribution in [0, 0.1) is 6.92 Å². The molecule has 3 aromatic rings. The summed E-state index contributed by atoms with van der Waals surface area (Å²) in [5, 5.41) is 3.03. The molecule has 1 N–H and O–H groups in total. The van der Waals surface area contributed by atoms with Crippen LogP contribution in [0.4, 0.5) is 5.69 Å². The van der Waals surface area contributed by atoms with E-state index in [1.807, 2.05) is 75.4 Å². The molecule has 0 radical (unpaired) electrons. The van der Waals surface area contributed by atoms with E-state index in [0.717, 1.165) is 33.7 Å². The fraction of sp³-hybridized carbons (Fsp3) is 0.355. The Labute approximate surface area is 238 Å². The van der Waals surface area contributed by atoms with Crippen LogP contribution in [0.3, 0.4) is 0 Å². The molecule has 9 heteroatoms. The van der Waals surface area contributed by atoms with Gasteiger partial charge < -0.3 is 15.0 Å². The number of sulfonamides is 1. The largest absolute Gasteiger partial charge is 0.495 e. The van der Waals surface area contributed by atoms with E-state index in [4.69, 9.17) is 4.74 Å². The van der Waals surface area contributed by atoms with Gasteiger partial charge in [0.05, 0.1) is 19.1 Å². The maximum atomic E-state index is 14.2. The van der Waals surface area contributed by atoms with E-state index >= 15 is 0 Å². The van der Waals surface area contributed by atoms with E-state index in [2.05, 4.69) is 5.32 Å². The number of amides is 2. The second kappa shape index (κ2) is 14.0. The first kappa shape index (κ1) is 30.7. The molecular weight excluding hydrogens is 526 g/mol. The molecule has 0 aliphatic rings. The Morgan fingerprint density at radius 3 is 2.23 bits per heavy atom. The molecule has 0 bridgehead atoms. The third-order valence-electron chi connectivity index (χ3n) is 6.74. The van der Waals surface area contributed by atoms with E-state index in [9.17, 15) is 18.0 Å². The summed E-state index contributed by atoms with van der Waals surface area (Å²) >= 11 is 0. The van der Waals surface area contributed by atoms with E-state index in [1.54, 1.807) is 24.3 Å². The van der Waals surface area contributed by atoms with Crippen LogP contribution in [0.5, 0.6) is 5.75 Å². The average molecular weight is 566 g/mol. The van der Waals surface area contributed by atoms with E-state index in [1.165, 1.54) is 12.0 Å². The first-order chi connectivity index (χ1) is 19.0. The number of hydrogen-bond donors (Lipinski definition) is 1. The summed E-state index contributed by atoms with van der Waals surface area (Å²) in [5.41, 5.74) is 2.99. The van der Waals surface area contributed by atoms with Crippen molar-refractivity contribution in [1.82, 2.24) is 10.2 Å². The Balaban J connectivity index is 2.08. The van der Waals surface area contributed by atoms with Gasteiger partial charge in [-0.1, -0.05) is 79.2 Å². The van der Waals surface area contributed by atoms with Gasteiger partial charge in [0, 0.05) is 19.0 Å². The number of para-hydroxylation sites is 2. The predicted molar refractivity (Wildman–Crippen MR) is 159 cm³/mol. The first-order valence-corrected chi connectivity index (χ1v) is 15.2. The lowest BCUT2D eigenvalue weighted by molar-refractivity contribution is -0.140. The zero-order valence-corrected chi connectivity index (χ0v) is 24.6. The van der Waals surface area contributed by atoms with Crippen molar-refractivity contribution in [3.05, 3.63) is 95.6 Å². The lowest BCUT2D eigenvalue weighted by Crippen LogP contribution is -2.54. The molecule has 40 heavy (non-hydrogen) atoms. The van der Waals surface area contributed by atoms with Crippen LogP contribution in [0.25, 0.3) is 0 Å². The summed E-state index contributed by atoms with van der Waals surface area (Å²) in [7, 11) is -2.44. The van der Waals surface area contributed by atoms with Gasteiger partial charge >= 0.3 is 0 Å². The maximum Gasteiger partial charge on any atom is 0.244 e. The fourth-order valence-electron chi connectivity index (χ4n) is 4.43. The van der Waals surface area contributed by atoms with Gasteiger partial charge in [0.1, 0.15) is 18.3 Å². The van der Waals surface area contributed by atoms with Crippen LogP contribution in [-0.2, 0) is 32.6 Å². The Morgan fingerprint density at radius 2 is 1.60 bits per heavy atom. The SMILES string of the molecule is CC[C@@H](C)NC(=O)[C@H](Cc1ccccc1)N(Cc1cccc(C)c1)C(=O)CN(c1ccccc1OC)S(C)(=O)=O. The van der Waals surface area contributed by atoms with Gasteiger partial charge in [0.15, 0.2) is 0 Å². The highest BCUT2D eigenvalue weighted by Crippen LogP contribution is 2.30. The average Bonchev–Trinajstić information content (AvgIpc) is 2.93. The second-order valence-electron chi connectivity index (χ2n) is 9.98. The lowest BCUT2D eigenvalue weighted by Gasteiger charge is -2.34. The normalized spacial score (nSPS) is 12.7. The lowest BCUT2D eigenvalue weighted by atomic mass is 10.0. The van der Waals surface area contributed by atoms with Gasteiger partial charge in [-0.2, -0.15) is 0 Å². The molecule has 2 amide bonds. The number of carbonyl (C=O) groups is 2. The Hall–Kier alpha value is -3.85. The molecule has 2 atom stereocenters. The highest BCUT2D eigenvalue weighted by Gasteiger charge is 2.34. The molecular formula is C31H39N3O5S. The number of anilines is 1. The minimum absolute atomic E-state index is 0.0946. The van der Waals surface area contributed by atoms with Crippen molar-refractivity contribution in [2.45, 2.75) is 52.2 Å². The van der Waals surface area contributed by atoms with Crippen LogP contribution in [-0.4, -0.2) is 57.1 Å². The Morgan fingerprint density at radius 1 is 0.950 bits per heavy atom. The van der Waals surface area contributed by atoms with Crippen molar-refractivity contribution in [1.29, 1.82) is 0 Å². The van der Waals surface area contributed by atoms with Crippen LogP contribution in [0.2, 0.25) is 0 Å². The number of nitrogens with zero attached hydrogens (tertiary/aromatic N) is 2. The number of rotatable bonds is 13. The molecule has 0 saturated heterocycles. The van der Waals surface area contributed by atoms with Crippen molar-refractivity contribution in [2.24, 2.45) is 0 Å². The van der Waals surface area contributed by atoms with Gasteiger partial charge in [-0.25, -0.2) is 8.42 Å². The molecule has 3 rings (SSSR count). The fourth-order valence-corrected chi connectivity index (χ4v) is 5.29. The molecule has 0 aromatic heterocycles. The van der Waals surface area contributed by atoms with Crippen LogP contribution in [0.15, 0.2) is 78.9 Å². The van der Waals surface area contributed by atoms with Gasteiger partial charge in [-0.05, 0) is 43.5 Å². The van der Waals surface area contributed by atoms with Crippen molar-refractivity contribution < 1.29 is 22.7 Å². The summed E-state index contributed by atoms with van der Waals surface area (Å²) in [5.74, 6) is -0.471. The topological polar surface area (TPSA) is 96.0 Å². The molecule has 0 fully saturated rings. The molecule has 0 aliphatic heterocycles. The van der Waals surface area contributed by atoms with Crippen molar-refractivity contribution in [3.8, 4) is 5.75 Å². The molecule has 0 heterocycles. The van der Waals surface area contributed by atoms with Crippen LogP contribution < -0.4 is 14.4 Å². The second-order valence-corrected chi connectivity index (χ2v) is 11.9. The Bertz CT molecular complexity index is 1390. The third-order valence-corrected chi connectivity index (χ3v) is 7.87. The number of methoxy groups -OCH3 is 1. The molecule has 214 valence electrons. The summed E-state index contributed by atoms with van der Waals surface area (Å²) in [4.78, 5) is 29.4. The molecule has 0 spiro atoms. The Kier molecular flexibility index (Phi) is 10.7. The molecule has 0 aliphatic carbocycles. The summed E-state index contributed by atoms with van der Waals surface area (Å²) in [6, 6.07) is 22.9. The maximum absolute atomic E-state index is 14.2. The summed E-state index contributed by atoms with van der Waals surface area (Å²) < 4.78 is 32.4. The van der Waals surface area contributed by atoms with Crippen molar-refractivity contribution in [3.63, 3.8) is 0 Å². The highest BCUT2D eigenvalue weighted by atomic mass is 32.2. The highest BCUT2D eigenvalue weighted by molar-refractivity contribution is 7.92. The summed E-state index contributed by atoms with van der Waals surface area (Å²) in [6.07, 6.45) is 2.05. The van der Waals surface area contributed by atoms with E-state index in [0.29, 0.717) is 5.75 Å². The molecule has 3 aromatic carbocycles. The van der Waals surface area contributed by atoms with Gasteiger partial charge in [0.2, 0.25) is 21.8 Å². The minimum Gasteiger partial charge on any atom is -0.495 e. The number of ether oxygens (including phenoxy) is 1. The van der Waals surface area contributed by atoms with E-state index in [-0.39, 0.29) is 30.6 Å². The first-order valence-electron chi connectivity index (χ1n) is 13.3. The van der Waals surface area contributed by atoms with E-state index < -0.39 is 28.5 Å². The molecule has 8 nitrogen and oxygen atoms in total. The number of aryl methyl sites for hydroxylation is 1. The number of benzene rings is 3. The standard InChI is InChI=1S/C31H39N3O5S/c1-6-24(3)32-31(36)28(20-25-14-8-7-9-15-25)33(21-26-16-12-13-23(2)19-26)30(35)22-34(40(5,37)38)27-17-10-11-18-29(27)39-4/h7-19,24,28H,6,20-22H2,1-5H3,(H,32,36)/t24-,28+/m1/s1. The van der Waals surface area contributed by atoms with Crippen LogP contribution >= 0.6 is 0 Å².